The second kappa shape index (κ2) is 7.73. The number of carbonyl (C=O) groups excluding carboxylic acids is 1. The summed E-state index contributed by atoms with van der Waals surface area (Å²) in [6.45, 7) is 4.33. The van der Waals surface area contributed by atoms with E-state index in [0.29, 0.717) is 34.9 Å². The van der Waals surface area contributed by atoms with Gasteiger partial charge in [0.25, 0.3) is 0 Å². The van der Waals surface area contributed by atoms with E-state index in [4.69, 9.17) is 27.9 Å². The molecule has 4 nitrogen and oxygen atoms in total. The van der Waals surface area contributed by atoms with Crippen LogP contribution in [-0.2, 0) is 4.79 Å². The lowest BCUT2D eigenvalue weighted by molar-refractivity contribution is -0.132. The molecule has 2 aliphatic heterocycles. The molecule has 2 aliphatic rings. The van der Waals surface area contributed by atoms with Crippen LogP contribution in [0.25, 0.3) is 0 Å². The van der Waals surface area contributed by atoms with Gasteiger partial charge in [-0.1, -0.05) is 29.3 Å². The van der Waals surface area contributed by atoms with Crippen molar-refractivity contribution in [3.8, 4) is 5.75 Å². The molecule has 0 saturated carbocycles. The number of fused-ring (bicyclic) bond motifs is 1. The van der Waals surface area contributed by atoms with E-state index >= 15 is 0 Å². The molecule has 2 fully saturated rings. The average Bonchev–Trinajstić information content (AvgIpc) is 2.88. The Kier molecular flexibility index (Phi) is 5.67. The molecular weight excluding hydrogens is 335 g/mol. The van der Waals surface area contributed by atoms with Gasteiger partial charge in [-0.15, -0.1) is 0 Å². The number of halogens is 2. The molecule has 0 N–H and O–H groups in total. The Bertz CT molecular complexity index is 568. The fourth-order valence-electron chi connectivity index (χ4n) is 3.44. The third-order valence-electron chi connectivity index (χ3n) is 4.65. The molecular formula is C17H22Cl2N2O2. The minimum Gasteiger partial charge on any atom is -0.491 e. The first-order valence-electron chi connectivity index (χ1n) is 8.24. The van der Waals surface area contributed by atoms with Crippen molar-refractivity contribution in [3.05, 3.63) is 28.2 Å². The molecule has 2 heterocycles. The van der Waals surface area contributed by atoms with E-state index in [9.17, 15) is 4.79 Å². The Hall–Kier alpha value is -0.970. The fourth-order valence-corrected chi connectivity index (χ4v) is 3.78. The second-order valence-corrected chi connectivity index (χ2v) is 6.96. The summed E-state index contributed by atoms with van der Waals surface area (Å²) >= 11 is 12.0. The molecule has 1 atom stereocenters. The van der Waals surface area contributed by atoms with Gasteiger partial charge in [0.15, 0.2) is 0 Å². The van der Waals surface area contributed by atoms with Crippen molar-refractivity contribution in [2.75, 3.05) is 32.8 Å². The van der Waals surface area contributed by atoms with E-state index in [1.807, 2.05) is 4.90 Å². The minimum absolute atomic E-state index is 0.164. The van der Waals surface area contributed by atoms with Gasteiger partial charge in [0.05, 0.1) is 18.1 Å². The summed E-state index contributed by atoms with van der Waals surface area (Å²) < 4.78 is 5.62. The highest BCUT2D eigenvalue weighted by Gasteiger charge is 2.30. The zero-order valence-electron chi connectivity index (χ0n) is 13.1. The predicted octanol–water partition coefficient (Wildman–Crippen LogP) is 3.46. The van der Waals surface area contributed by atoms with Crippen molar-refractivity contribution in [1.29, 1.82) is 0 Å². The third kappa shape index (κ3) is 4.11. The summed E-state index contributed by atoms with van der Waals surface area (Å²) in [5.74, 6) is 0.696. The van der Waals surface area contributed by atoms with E-state index in [0.717, 1.165) is 26.1 Å². The summed E-state index contributed by atoms with van der Waals surface area (Å²) in [4.78, 5) is 17.0. The number of carbonyl (C=O) groups is 1. The predicted molar refractivity (Wildman–Crippen MR) is 92.4 cm³/mol. The Morgan fingerprint density at radius 1 is 1.22 bits per heavy atom. The molecule has 0 spiro atoms. The number of hydrogen-bond acceptors (Lipinski definition) is 3. The number of hydrogen-bond donors (Lipinski definition) is 0. The molecule has 2 saturated heterocycles. The Morgan fingerprint density at radius 3 is 2.91 bits per heavy atom. The molecule has 1 amide bonds. The van der Waals surface area contributed by atoms with Gasteiger partial charge in [-0.3, -0.25) is 9.69 Å². The number of amides is 1. The molecule has 1 unspecified atom stereocenters. The Balaban J connectivity index is 1.50. The summed E-state index contributed by atoms with van der Waals surface area (Å²) in [7, 11) is 0. The number of benzene rings is 1. The standard InChI is InChI=1S/C17H22Cl2N2O2/c18-14-5-1-6-15(17(14)19)23-11-7-16(22)21-10-3-9-20-8-2-4-13(20)12-21/h1,5-6,13H,2-4,7-12H2. The molecule has 126 valence electrons. The van der Waals surface area contributed by atoms with Crippen LogP contribution in [0.5, 0.6) is 5.75 Å². The lowest BCUT2D eigenvalue weighted by atomic mass is 10.2. The summed E-state index contributed by atoms with van der Waals surface area (Å²) in [6.07, 6.45) is 3.89. The van der Waals surface area contributed by atoms with Crippen molar-refractivity contribution in [2.24, 2.45) is 0 Å². The van der Waals surface area contributed by atoms with E-state index in [1.165, 1.54) is 19.4 Å². The van der Waals surface area contributed by atoms with Gasteiger partial charge in [0.1, 0.15) is 10.8 Å². The van der Waals surface area contributed by atoms with Crippen LogP contribution in [0.4, 0.5) is 0 Å². The van der Waals surface area contributed by atoms with Crippen LogP contribution in [0.1, 0.15) is 25.7 Å². The maximum Gasteiger partial charge on any atom is 0.226 e. The highest BCUT2D eigenvalue weighted by atomic mass is 35.5. The molecule has 1 aromatic rings. The monoisotopic (exact) mass is 356 g/mol. The highest BCUT2D eigenvalue weighted by Crippen LogP contribution is 2.31. The van der Waals surface area contributed by atoms with Crippen molar-refractivity contribution in [1.82, 2.24) is 9.80 Å². The largest absolute Gasteiger partial charge is 0.491 e. The zero-order valence-corrected chi connectivity index (χ0v) is 14.7. The Morgan fingerprint density at radius 2 is 2.04 bits per heavy atom. The first-order valence-corrected chi connectivity index (χ1v) is 8.99. The summed E-state index contributed by atoms with van der Waals surface area (Å²) in [5.41, 5.74) is 0. The number of ether oxygens (including phenoxy) is 1. The molecule has 1 aromatic carbocycles. The minimum atomic E-state index is 0.164. The van der Waals surface area contributed by atoms with Crippen LogP contribution >= 0.6 is 23.2 Å². The van der Waals surface area contributed by atoms with Crippen LogP contribution in [0, 0.1) is 0 Å². The van der Waals surface area contributed by atoms with Crippen LogP contribution in [0.3, 0.4) is 0 Å². The third-order valence-corrected chi connectivity index (χ3v) is 5.45. The molecule has 0 radical (unpaired) electrons. The van der Waals surface area contributed by atoms with Gasteiger partial charge >= 0.3 is 0 Å². The van der Waals surface area contributed by atoms with E-state index < -0.39 is 0 Å². The quantitative estimate of drug-likeness (QED) is 0.827. The van der Waals surface area contributed by atoms with Crippen molar-refractivity contribution < 1.29 is 9.53 Å². The SMILES string of the molecule is O=C(CCOc1cccc(Cl)c1Cl)N1CCCN2CCCC2C1. The second-order valence-electron chi connectivity index (χ2n) is 6.18. The number of rotatable bonds is 4. The van der Waals surface area contributed by atoms with Gasteiger partial charge in [-0.05, 0) is 37.9 Å². The summed E-state index contributed by atoms with van der Waals surface area (Å²) in [5, 5.41) is 0.863. The molecule has 0 aliphatic carbocycles. The number of nitrogens with zero attached hydrogens (tertiary/aromatic N) is 2. The lowest BCUT2D eigenvalue weighted by Gasteiger charge is -2.25. The maximum absolute atomic E-state index is 12.4. The lowest BCUT2D eigenvalue weighted by Crippen LogP contribution is -2.40. The highest BCUT2D eigenvalue weighted by molar-refractivity contribution is 6.42. The van der Waals surface area contributed by atoms with Gasteiger partial charge in [-0.2, -0.15) is 0 Å². The first-order chi connectivity index (χ1) is 11.1. The smallest absolute Gasteiger partial charge is 0.226 e. The van der Waals surface area contributed by atoms with Crippen LogP contribution in [0.2, 0.25) is 10.0 Å². The normalized spacial score (nSPS) is 21.8. The summed E-state index contributed by atoms with van der Waals surface area (Å²) in [6, 6.07) is 5.81. The Labute approximate surface area is 147 Å². The van der Waals surface area contributed by atoms with E-state index in [2.05, 4.69) is 4.90 Å². The molecule has 3 rings (SSSR count). The molecule has 0 bridgehead atoms. The first kappa shape index (κ1) is 16.9. The molecule has 6 heteroatoms. The molecule has 0 aromatic heterocycles. The van der Waals surface area contributed by atoms with Crippen LogP contribution in [0.15, 0.2) is 18.2 Å². The molecule has 23 heavy (non-hydrogen) atoms. The maximum atomic E-state index is 12.4. The fraction of sp³-hybridized carbons (Fsp3) is 0.588. The topological polar surface area (TPSA) is 32.8 Å². The van der Waals surface area contributed by atoms with E-state index in [1.54, 1.807) is 18.2 Å². The van der Waals surface area contributed by atoms with Crippen LogP contribution < -0.4 is 4.74 Å². The van der Waals surface area contributed by atoms with Crippen molar-refractivity contribution >= 4 is 29.1 Å². The van der Waals surface area contributed by atoms with Gasteiger partial charge in [-0.25, -0.2) is 0 Å². The van der Waals surface area contributed by atoms with Crippen molar-refractivity contribution in [3.63, 3.8) is 0 Å². The van der Waals surface area contributed by atoms with E-state index in [-0.39, 0.29) is 5.91 Å². The van der Waals surface area contributed by atoms with Gasteiger partial charge in [0, 0.05) is 25.7 Å². The van der Waals surface area contributed by atoms with Gasteiger partial charge in [0.2, 0.25) is 5.91 Å². The van der Waals surface area contributed by atoms with Crippen molar-refractivity contribution in [2.45, 2.75) is 31.7 Å². The van der Waals surface area contributed by atoms with Gasteiger partial charge < -0.3 is 9.64 Å². The zero-order chi connectivity index (χ0) is 16.2. The average molecular weight is 357 g/mol. The van der Waals surface area contributed by atoms with Crippen LogP contribution in [-0.4, -0.2) is 54.5 Å².